The molecule has 0 bridgehead atoms. The SMILES string of the molecule is CC1CC(CC(=O)NCC2CCCNC2)CC(C)(C)C1.Cl. The molecule has 4 heteroatoms. The van der Waals surface area contributed by atoms with Crippen LogP contribution in [0.25, 0.3) is 0 Å². The highest BCUT2D eigenvalue weighted by molar-refractivity contribution is 5.85. The topological polar surface area (TPSA) is 41.1 Å². The molecule has 1 heterocycles. The molecule has 2 aliphatic rings. The molecule has 124 valence electrons. The van der Waals surface area contributed by atoms with Gasteiger partial charge < -0.3 is 10.6 Å². The molecule has 2 fully saturated rings. The van der Waals surface area contributed by atoms with Crippen molar-refractivity contribution in [1.82, 2.24) is 10.6 Å². The molecular formula is C17H33ClN2O. The number of piperidine rings is 1. The van der Waals surface area contributed by atoms with Gasteiger partial charge in [0.1, 0.15) is 0 Å². The third-order valence-corrected chi connectivity index (χ3v) is 4.94. The molecule has 3 atom stereocenters. The number of hydrogen-bond acceptors (Lipinski definition) is 2. The molecular weight excluding hydrogens is 284 g/mol. The maximum atomic E-state index is 12.1. The van der Waals surface area contributed by atoms with Gasteiger partial charge in [-0.1, -0.05) is 20.8 Å². The number of rotatable bonds is 4. The van der Waals surface area contributed by atoms with Gasteiger partial charge in [-0.15, -0.1) is 12.4 Å². The molecule has 2 rings (SSSR count). The fraction of sp³-hybridized carbons (Fsp3) is 0.941. The lowest BCUT2D eigenvalue weighted by Gasteiger charge is -2.38. The van der Waals surface area contributed by atoms with Crippen molar-refractivity contribution < 1.29 is 4.79 Å². The third-order valence-electron chi connectivity index (χ3n) is 4.94. The summed E-state index contributed by atoms with van der Waals surface area (Å²) in [6.07, 6.45) is 6.96. The molecule has 1 amide bonds. The van der Waals surface area contributed by atoms with Gasteiger partial charge in [-0.05, 0) is 68.4 Å². The minimum Gasteiger partial charge on any atom is -0.356 e. The zero-order valence-electron chi connectivity index (χ0n) is 13.9. The number of amides is 1. The van der Waals surface area contributed by atoms with E-state index in [1.54, 1.807) is 0 Å². The number of carbonyl (C=O) groups is 1. The van der Waals surface area contributed by atoms with E-state index in [1.807, 2.05) is 0 Å². The lowest BCUT2D eigenvalue weighted by atomic mass is 9.67. The maximum Gasteiger partial charge on any atom is 0.220 e. The second-order valence-corrected chi connectivity index (χ2v) is 8.00. The van der Waals surface area contributed by atoms with Crippen LogP contribution in [0.1, 0.15) is 59.3 Å². The Morgan fingerprint density at radius 3 is 2.67 bits per heavy atom. The van der Waals surface area contributed by atoms with Crippen molar-refractivity contribution in [2.75, 3.05) is 19.6 Å². The quantitative estimate of drug-likeness (QED) is 0.835. The molecule has 3 unspecified atom stereocenters. The van der Waals surface area contributed by atoms with Crippen LogP contribution in [-0.2, 0) is 4.79 Å². The molecule has 1 aliphatic carbocycles. The fourth-order valence-electron chi connectivity index (χ4n) is 4.39. The van der Waals surface area contributed by atoms with E-state index in [2.05, 4.69) is 31.4 Å². The zero-order chi connectivity index (χ0) is 14.6. The summed E-state index contributed by atoms with van der Waals surface area (Å²) in [5.74, 6) is 2.25. The van der Waals surface area contributed by atoms with E-state index in [0.717, 1.165) is 32.0 Å². The van der Waals surface area contributed by atoms with Crippen molar-refractivity contribution in [2.45, 2.75) is 59.3 Å². The number of nitrogens with one attached hydrogen (secondary N) is 2. The van der Waals surface area contributed by atoms with Gasteiger partial charge in [0.2, 0.25) is 5.91 Å². The molecule has 3 nitrogen and oxygen atoms in total. The average molecular weight is 317 g/mol. The highest BCUT2D eigenvalue weighted by Crippen LogP contribution is 2.42. The Labute approximate surface area is 136 Å². The summed E-state index contributed by atoms with van der Waals surface area (Å²) in [5, 5.41) is 6.57. The predicted octanol–water partition coefficient (Wildman–Crippen LogP) is 3.38. The number of halogens is 1. The van der Waals surface area contributed by atoms with Crippen molar-refractivity contribution >= 4 is 18.3 Å². The van der Waals surface area contributed by atoms with E-state index >= 15 is 0 Å². The largest absolute Gasteiger partial charge is 0.356 e. The Hall–Kier alpha value is -0.280. The van der Waals surface area contributed by atoms with Crippen LogP contribution in [-0.4, -0.2) is 25.5 Å². The smallest absolute Gasteiger partial charge is 0.220 e. The molecule has 0 aromatic rings. The number of carbonyl (C=O) groups excluding carboxylic acids is 1. The van der Waals surface area contributed by atoms with Crippen molar-refractivity contribution in [2.24, 2.45) is 23.2 Å². The summed E-state index contributed by atoms with van der Waals surface area (Å²) in [7, 11) is 0. The second kappa shape index (κ2) is 8.38. The summed E-state index contributed by atoms with van der Waals surface area (Å²) < 4.78 is 0. The van der Waals surface area contributed by atoms with Crippen molar-refractivity contribution in [1.29, 1.82) is 0 Å². The van der Waals surface area contributed by atoms with Gasteiger partial charge in [0.05, 0.1) is 0 Å². The van der Waals surface area contributed by atoms with Crippen LogP contribution in [0.15, 0.2) is 0 Å². The molecule has 21 heavy (non-hydrogen) atoms. The summed E-state index contributed by atoms with van der Waals surface area (Å²) in [6.45, 7) is 10.1. The predicted molar refractivity (Wildman–Crippen MR) is 90.8 cm³/mol. The third kappa shape index (κ3) is 6.56. The van der Waals surface area contributed by atoms with Gasteiger partial charge in [0.15, 0.2) is 0 Å². The van der Waals surface area contributed by atoms with E-state index < -0.39 is 0 Å². The monoisotopic (exact) mass is 316 g/mol. The molecule has 1 aliphatic heterocycles. The Kier molecular flexibility index (Phi) is 7.49. The second-order valence-electron chi connectivity index (χ2n) is 8.00. The first kappa shape index (κ1) is 18.8. The first-order chi connectivity index (χ1) is 9.44. The summed E-state index contributed by atoms with van der Waals surface area (Å²) in [6, 6.07) is 0. The molecule has 0 radical (unpaired) electrons. The highest BCUT2D eigenvalue weighted by atomic mass is 35.5. The molecule has 2 N–H and O–H groups in total. The summed E-state index contributed by atoms with van der Waals surface area (Å²) in [5.41, 5.74) is 0.413. The van der Waals surface area contributed by atoms with Gasteiger partial charge in [-0.3, -0.25) is 4.79 Å². The molecule has 0 aromatic carbocycles. The van der Waals surface area contributed by atoms with Gasteiger partial charge in [-0.25, -0.2) is 0 Å². The summed E-state index contributed by atoms with van der Waals surface area (Å²) in [4.78, 5) is 12.1. The van der Waals surface area contributed by atoms with Crippen LogP contribution in [0, 0.1) is 23.2 Å². The van der Waals surface area contributed by atoms with E-state index in [1.165, 1.54) is 32.1 Å². The Morgan fingerprint density at radius 2 is 2.05 bits per heavy atom. The van der Waals surface area contributed by atoms with Gasteiger partial charge >= 0.3 is 0 Å². The van der Waals surface area contributed by atoms with Crippen LogP contribution >= 0.6 is 12.4 Å². The Bertz CT molecular complexity index is 327. The van der Waals surface area contributed by atoms with Crippen molar-refractivity contribution in [3.8, 4) is 0 Å². The van der Waals surface area contributed by atoms with Crippen LogP contribution < -0.4 is 10.6 Å². The zero-order valence-corrected chi connectivity index (χ0v) is 14.7. The number of hydrogen-bond donors (Lipinski definition) is 2. The lowest BCUT2D eigenvalue weighted by Crippen LogP contribution is -2.39. The van der Waals surface area contributed by atoms with E-state index in [9.17, 15) is 4.79 Å². The highest BCUT2D eigenvalue weighted by Gasteiger charge is 2.32. The molecule has 1 saturated heterocycles. The lowest BCUT2D eigenvalue weighted by molar-refractivity contribution is -0.122. The standard InChI is InChI=1S/C17H32N2O.ClH/c1-13-7-15(10-17(2,3)9-13)8-16(20)19-12-14-5-4-6-18-11-14;/h13-15,18H,4-12H2,1-3H3,(H,19,20);1H. The maximum absolute atomic E-state index is 12.1. The minimum atomic E-state index is 0. The Morgan fingerprint density at radius 1 is 1.29 bits per heavy atom. The molecule has 0 spiro atoms. The van der Waals surface area contributed by atoms with Crippen LogP contribution in [0.3, 0.4) is 0 Å². The molecule has 1 saturated carbocycles. The average Bonchev–Trinajstić information content (AvgIpc) is 2.35. The summed E-state index contributed by atoms with van der Waals surface area (Å²) >= 11 is 0. The van der Waals surface area contributed by atoms with E-state index in [0.29, 0.717) is 17.3 Å². The first-order valence-electron chi connectivity index (χ1n) is 8.42. The van der Waals surface area contributed by atoms with Gasteiger partial charge in [-0.2, -0.15) is 0 Å². The van der Waals surface area contributed by atoms with Crippen molar-refractivity contribution in [3.63, 3.8) is 0 Å². The molecule has 0 aromatic heterocycles. The van der Waals surface area contributed by atoms with Crippen LogP contribution in [0.5, 0.6) is 0 Å². The minimum absolute atomic E-state index is 0. The Balaban J connectivity index is 0.00000220. The van der Waals surface area contributed by atoms with Gasteiger partial charge in [0, 0.05) is 13.0 Å². The van der Waals surface area contributed by atoms with E-state index in [-0.39, 0.29) is 18.3 Å². The van der Waals surface area contributed by atoms with Crippen molar-refractivity contribution in [3.05, 3.63) is 0 Å². The van der Waals surface area contributed by atoms with Gasteiger partial charge in [0.25, 0.3) is 0 Å². The first-order valence-corrected chi connectivity index (χ1v) is 8.42. The van der Waals surface area contributed by atoms with Crippen LogP contribution in [0.4, 0.5) is 0 Å². The normalized spacial score (nSPS) is 32.0. The van der Waals surface area contributed by atoms with E-state index in [4.69, 9.17) is 0 Å². The van der Waals surface area contributed by atoms with Crippen LogP contribution in [0.2, 0.25) is 0 Å². The fourth-order valence-corrected chi connectivity index (χ4v) is 4.39.